The van der Waals surface area contributed by atoms with Gasteiger partial charge in [-0.05, 0) is 13.3 Å². The number of thiazole rings is 1. The number of likely N-dealkylation sites (tertiary alicyclic amines) is 1. The first-order valence-electron chi connectivity index (χ1n) is 7.49. The van der Waals surface area contributed by atoms with E-state index >= 15 is 0 Å². The van der Waals surface area contributed by atoms with E-state index in [0.29, 0.717) is 26.1 Å². The standard InChI is InChI=1S/C14H20FN5S2/c1-3-13-18-14(22-19-13)16-5-12-4-10(15)6-20(12)7-11-8-21-9(2)17-11/h8,10,12H,3-7H2,1-2H3,(H,16,18,19)/t10-,12-/m0/s1. The van der Waals surface area contributed by atoms with Crippen molar-refractivity contribution >= 4 is 28.0 Å². The molecule has 22 heavy (non-hydrogen) atoms. The first-order valence-corrected chi connectivity index (χ1v) is 9.15. The zero-order chi connectivity index (χ0) is 15.5. The molecule has 1 saturated heterocycles. The number of nitrogens with one attached hydrogen (secondary N) is 1. The van der Waals surface area contributed by atoms with Crippen LogP contribution < -0.4 is 5.32 Å². The van der Waals surface area contributed by atoms with Crippen molar-refractivity contribution in [1.82, 2.24) is 19.2 Å². The van der Waals surface area contributed by atoms with Crippen LogP contribution in [0.3, 0.4) is 0 Å². The summed E-state index contributed by atoms with van der Waals surface area (Å²) in [5, 5.41) is 7.24. The van der Waals surface area contributed by atoms with Gasteiger partial charge in [0, 0.05) is 49.0 Å². The number of nitrogens with zero attached hydrogens (tertiary/aromatic N) is 4. The maximum atomic E-state index is 13.8. The molecule has 1 aliphatic rings. The summed E-state index contributed by atoms with van der Waals surface area (Å²) in [6.07, 6.45) is 0.645. The van der Waals surface area contributed by atoms with Crippen molar-refractivity contribution in [2.24, 2.45) is 0 Å². The summed E-state index contributed by atoms with van der Waals surface area (Å²) in [5.74, 6) is 0.858. The molecule has 0 aliphatic carbocycles. The van der Waals surface area contributed by atoms with Gasteiger partial charge in [-0.15, -0.1) is 11.3 Å². The highest BCUT2D eigenvalue weighted by Crippen LogP contribution is 2.24. The number of alkyl halides is 1. The van der Waals surface area contributed by atoms with Crippen molar-refractivity contribution in [2.75, 3.05) is 18.4 Å². The van der Waals surface area contributed by atoms with E-state index in [-0.39, 0.29) is 6.04 Å². The average molecular weight is 341 g/mol. The molecule has 1 N–H and O–H groups in total. The first-order chi connectivity index (χ1) is 10.6. The molecule has 120 valence electrons. The molecule has 0 amide bonds. The monoisotopic (exact) mass is 341 g/mol. The summed E-state index contributed by atoms with van der Waals surface area (Å²) in [4.78, 5) is 11.0. The topological polar surface area (TPSA) is 53.9 Å². The maximum absolute atomic E-state index is 13.8. The number of aryl methyl sites for hydroxylation is 2. The van der Waals surface area contributed by atoms with Crippen LogP contribution in [-0.4, -0.2) is 44.5 Å². The fourth-order valence-electron chi connectivity index (χ4n) is 2.69. The van der Waals surface area contributed by atoms with E-state index in [9.17, 15) is 4.39 Å². The van der Waals surface area contributed by atoms with Crippen LogP contribution in [0.1, 0.15) is 29.9 Å². The summed E-state index contributed by atoms with van der Waals surface area (Å²) in [6, 6.07) is 0.172. The molecule has 0 spiro atoms. The molecule has 5 nitrogen and oxygen atoms in total. The van der Waals surface area contributed by atoms with Gasteiger partial charge in [0.1, 0.15) is 12.0 Å². The normalized spacial score (nSPS) is 22.3. The van der Waals surface area contributed by atoms with Crippen molar-refractivity contribution in [3.05, 3.63) is 21.9 Å². The SMILES string of the molecule is CCc1nsc(NC[C@@H]2C[C@H](F)CN2Cc2csc(C)n2)n1. The number of rotatable bonds is 6. The van der Waals surface area contributed by atoms with Crippen LogP contribution >= 0.6 is 22.9 Å². The van der Waals surface area contributed by atoms with E-state index in [4.69, 9.17) is 0 Å². The van der Waals surface area contributed by atoms with Crippen LogP contribution in [0.15, 0.2) is 5.38 Å². The lowest BCUT2D eigenvalue weighted by molar-refractivity contribution is 0.239. The van der Waals surface area contributed by atoms with E-state index in [2.05, 4.69) is 29.9 Å². The fraction of sp³-hybridized carbons (Fsp3) is 0.643. The fourth-order valence-corrected chi connectivity index (χ4v) is 3.95. The lowest BCUT2D eigenvalue weighted by Crippen LogP contribution is -2.34. The minimum absolute atomic E-state index is 0.172. The Kier molecular flexibility index (Phi) is 5.00. The molecule has 0 unspecified atom stereocenters. The van der Waals surface area contributed by atoms with Gasteiger partial charge in [-0.3, -0.25) is 4.90 Å². The number of hydrogen-bond acceptors (Lipinski definition) is 7. The van der Waals surface area contributed by atoms with Crippen molar-refractivity contribution in [1.29, 1.82) is 0 Å². The predicted molar refractivity (Wildman–Crippen MR) is 88.3 cm³/mol. The molecule has 1 aliphatic heterocycles. The number of aromatic nitrogens is 3. The zero-order valence-electron chi connectivity index (χ0n) is 12.8. The minimum Gasteiger partial charge on any atom is -0.359 e. The van der Waals surface area contributed by atoms with E-state index in [0.717, 1.165) is 28.1 Å². The van der Waals surface area contributed by atoms with E-state index < -0.39 is 6.17 Å². The van der Waals surface area contributed by atoms with Crippen LogP contribution in [0.25, 0.3) is 0 Å². The number of halogens is 1. The highest BCUT2D eigenvalue weighted by Gasteiger charge is 2.32. The molecule has 8 heteroatoms. The van der Waals surface area contributed by atoms with Crippen molar-refractivity contribution < 1.29 is 4.39 Å². The Balaban J connectivity index is 1.58. The Morgan fingerprint density at radius 3 is 3.00 bits per heavy atom. The van der Waals surface area contributed by atoms with Gasteiger partial charge >= 0.3 is 0 Å². The van der Waals surface area contributed by atoms with Gasteiger partial charge in [0.05, 0.1) is 10.7 Å². The van der Waals surface area contributed by atoms with Crippen molar-refractivity contribution in [2.45, 2.75) is 45.4 Å². The Morgan fingerprint density at radius 2 is 2.32 bits per heavy atom. The number of anilines is 1. The maximum Gasteiger partial charge on any atom is 0.202 e. The summed E-state index contributed by atoms with van der Waals surface area (Å²) in [5.41, 5.74) is 1.03. The van der Waals surface area contributed by atoms with E-state index in [1.54, 1.807) is 11.3 Å². The average Bonchev–Trinajstić information content (AvgIpc) is 3.18. The van der Waals surface area contributed by atoms with Gasteiger partial charge in [0.15, 0.2) is 0 Å². The van der Waals surface area contributed by atoms with Crippen molar-refractivity contribution in [3.8, 4) is 0 Å². The third-order valence-electron chi connectivity index (χ3n) is 3.78. The van der Waals surface area contributed by atoms with Crippen LogP contribution in [-0.2, 0) is 13.0 Å². The Bertz CT molecular complexity index is 614. The van der Waals surface area contributed by atoms with Gasteiger partial charge in [0.2, 0.25) is 5.13 Å². The molecule has 3 heterocycles. The number of hydrogen-bond donors (Lipinski definition) is 1. The minimum atomic E-state index is -0.757. The molecular weight excluding hydrogens is 321 g/mol. The molecule has 2 atom stereocenters. The summed E-state index contributed by atoms with van der Waals surface area (Å²) >= 11 is 3.01. The quantitative estimate of drug-likeness (QED) is 0.875. The second kappa shape index (κ2) is 6.97. The summed E-state index contributed by atoms with van der Waals surface area (Å²) < 4.78 is 18.1. The second-order valence-corrected chi connectivity index (χ2v) is 7.34. The lowest BCUT2D eigenvalue weighted by atomic mass is 10.2. The summed E-state index contributed by atoms with van der Waals surface area (Å²) in [6.45, 7) is 5.93. The molecule has 0 radical (unpaired) electrons. The van der Waals surface area contributed by atoms with Gasteiger partial charge in [-0.25, -0.2) is 14.4 Å². The molecule has 3 rings (SSSR count). The van der Waals surface area contributed by atoms with Gasteiger partial charge in [0.25, 0.3) is 0 Å². The van der Waals surface area contributed by atoms with Crippen LogP contribution in [0.5, 0.6) is 0 Å². The molecular formula is C14H20FN5S2. The molecule has 1 fully saturated rings. The largest absolute Gasteiger partial charge is 0.359 e. The molecule has 0 aromatic carbocycles. The molecule has 2 aromatic heterocycles. The van der Waals surface area contributed by atoms with Gasteiger partial charge in [-0.2, -0.15) is 4.37 Å². The zero-order valence-corrected chi connectivity index (χ0v) is 14.4. The Hall–Kier alpha value is -1.12. The Morgan fingerprint density at radius 1 is 1.45 bits per heavy atom. The van der Waals surface area contributed by atoms with Crippen LogP contribution in [0, 0.1) is 6.92 Å². The highest BCUT2D eigenvalue weighted by molar-refractivity contribution is 7.09. The van der Waals surface area contributed by atoms with Gasteiger partial charge in [-0.1, -0.05) is 6.92 Å². The first kappa shape index (κ1) is 15.8. The molecule has 0 bridgehead atoms. The third-order valence-corrected chi connectivity index (χ3v) is 5.31. The smallest absolute Gasteiger partial charge is 0.202 e. The van der Waals surface area contributed by atoms with E-state index in [1.165, 1.54) is 11.5 Å². The predicted octanol–water partition coefficient (Wildman–Crippen LogP) is 2.89. The molecule has 2 aromatic rings. The summed E-state index contributed by atoms with van der Waals surface area (Å²) in [7, 11) is 0. The Labute approximate surface area is 137 Å². The van der Waals surface area contributed by atoms with Crippen LogP contribution in [0.4, 0.5) is 9.52 Å². The van der Waals surface area contributed by atoms with E-state index in [1.807, 2.05) is 13.8 Å². The molecule has 0 saturated carbocycles. The third kappa shape index (κ3) is 3.80. The van der Waals surface area contributed by atoms with Gasteiger partial charge < -0.3 is 5.32 Å². The second-order valence-electron chi connectivity index (χ2n) is 5.52. The van der Waals surface area contributed by atoms with Crippen molar-refractivity contribution in [3.63, 3.8) is 0 Å². The highest BCUT2D eigenvalue weighted by atomic mass is 32.1. The van der Waals surface area contributed by atoms with Crippen LogP contribution in [0.2, 0.25) is 0 Å². The lowest BCUT2D eigenvalue weighted by Gasteiger charge is -2.23.